The molecular weight excluding hydrogens is 250 g/mol. The van der Waals surface area contributed by atoms with E-state index in [0.29, 0.717) is 5.82 Å². The second-order valence-corrected chi connectivity index (χ2v) is 4.57. The Balaban J connectivity index is 2.52. The van der Waals surface area contributed by atoms with Crippen molar-refractivity contribution in [1.82, 2.24) is 14.3 Å². The molecule has 0 fully saturated rings. The molecule has 2 heterocycles. The van der Waals surface area contributed by atoms with Gasteiger partial charge in [-0.05, 0) is 46.0 Å². The number of nitrogens with zero attached hydrogens (tertiary/aromatic N) is 3. The van der Waals surface area contributed by atoms with Gasteiger partial charge in [0.1, 0.15) is 5.69 Å². The summed E-state index contributed by atoms with van der Waals surface area (Å²) in [5.74, 6) is 0.690. The molecule has 0 bridgehead atoms. The third-order valence-electron chi connectivity index (χ3n) is 1.62. The van der Waals surface area contributed by atoms with Crippen LogP contribution >= 0.6 is 27.5 Å². The second-order valence-electron chi connectivity index (χ2n) is 2.54. The lowest BCUT2D eigenvalue weighted by Crippen LogP contribution is -1.88. The quantitative estimate of drug-likeness (QED) is 0.787. The summed E-state index contributed by atoms with van der Waals surface area (Å²) in [4.78, 5) is 8.43. The van der Waals surface area contributed by atoms with E-state index in [2.05, 4.69) is 30.3 Å². The molecule has 0 aliphatic rings. The Morgan fingerprint density at radius 1 is 1.46 bits per heavy atom. The van der Waals surface area contributed by atoms with E-state index in [1.807, 2.05) is 19.1 Å². The van der Waals surface area contributed by atoms with Crippen LogP contribution in [0.5, 0.6) is 0 Å². The molecule has 0 atom stereocenters. The lowest BCUT2D eigenvalue weighted by molar-refractivity contribution is 1.19. The van der Waals surface area contributed by atoms with E-state index in [0.717, 1.165) is 15.2 Å². The second kappa shape index (κ2) is 3.51. The van der Waals surface area contributed by atoms with Crippen LogP contribution < -0.4 is 0 Å². The minimum atomic E-state index is 0.690. The molecule has 0 spiro atoms. The number of pyridine rings is 1. The SMILES string of the molecule is Cc1cccnc1-c1nsc(Br)n1. The molecule has 3 nitrogen and oxygen atoms in total. The van der Waals surface area contributed by atoms with Crippen molar-refractivity contribution in [3.63, 3.8) is 0 Å². The molecule has 0 aliphatic carbocycles. The van der Waals surface area contributed by atoms with Gasteiger partial charge in [0.25, 0.3) is 0 Å². The Bertz CT molecular complexity index is 427. The number of hydrogen-bond donors (Lipinski definition) is 0. The topological polar surface area (TPSA) is 38.7 Å². The smallest absolute Gasteiger partial charge is 0.192 e. The lowest BCUT2D eigenvalue weighted by atomic mass is 10.2. The minimum absolute atomic E-state index is 0.690. The maximum Gasteiger partial charge on any atom is 0.192 e. The van der Waals surface area contributed by atoms with Crippen molar-refractivity contribution in [3.8, 4) is 11.5 Å². The number of aryl methyl sites for hydroxylation is 1. The predicted octanol–water partition coefficient (Wildman–Crippen LogP) is 2.67. The molecule has 0 saturated heterocycles. The summed E-state index contributed by atoms with van der Waals surface area (Å²) in [5.41, 5.74) is 1.94. The zero-order valence-electron chi connectivity index (χ0n) is 6.86. The van der Waals surface area contributed by atoms with Crippen molar-refractivity contribution in [2.75, 3.05) is 0 Å². The first-order valence-electron chi connectivity index (χ1n) is 3.68. The van der Waals surface area contributed by atoms with Crippen LogP contribution in [0.3, 0.4) is 0 Å². The maximum absolute atomic E-state index is 4.22. The molecule has 0 aliphatic heterocycles. The molecule has 0 saturated carbocycles. The molecule has 0 unspecified atom stereocenters. The zero-order chi connectivity index (χ0) is 9.26. The number of aromatic nitrogens is 3. The van der Waals surface area contributed by atoms with Crippen LogP contribution in [0.15, 0.2) is 22.2 Å². The fourth-order valence-electron chi connectivity index (χ4n) is 1.02. The number of halogens is 1. The third kappa shape index (κ3) is 1.76. The first-order chi connectivity index (χ1) is 6.27. The highest BCUT2D eigenvalue weighted by molar-refractivity contribution is 9.11. The molecule has 5 heteroatoms. The van der Waals surface area contributed by atoms with Crippen molar-refractivity contribution in [2.45, 2.75) is 6.92 Å². The van der Waals surface area contributed by atoms with E-state index in [4.69, 9.17) is 0 Å². The van der Waals surface area contributed by atoms with Crippen LogP contribution in [0, 0.1) is 6.92 Å². The summed E-state index contributed by atoms with van der Waals surface area (Å²) in [5, 5.41) is 0. The number of hydrogen-bond acceptors (Lipinski definition) is 4. The first kappa shape index (κ1) is 8.77. The molecular formula is C8H6BrN3S. The van der Waals surface area contributed by atoms with E-state index < -0.39 is 0 Å². The van der Waals surface area contributed by atoms with E-state index in [1.165, 1.54) is 11.5 Å². The molecule has 0 aromatic carbocycles. The van der Waals surface area contributed by atoms with Gasteiger partial charge in [0.05, 0.1) is 0 Å². The van der Waals surface area contributed by atoms with Gasteiger partial charge in [0.2, 0.25) is 0 Å². The van der Waals surface area contributed by atoms with E-state index >= 15 is 0 Å². The molecule has 0 amide bonds. The van der Waals surface area contributed by atoms with Crippen molar-refractivity contribution < 1.29 is 0 Å². The summed E-state index contributed by atoms with van der Waals surface area (Å²) in [6, 6.07) is 3.90. The highest BCUT2D eigenvalue weighted by Gasteiger charge is 2.07. The van der Waals surface area contributed by atoms with Crippen LogP contribution in [-0.4, -0.2) is 14.3 Å². The zero-order valence-corrected chi connectivity index (χ0v) is 9.26. The highest BCUT2D eigenvalue weighted by Crippen LogP contribution is 2.21. The fraction of sp³-hybridized carbons (Fsp3) is 0.125. The molecule has 2 rings (SSSR count). The molecule has 13 heavy (non-hydrogen) atoms. The van der Waals surface area contributed by atoms with Crippen LogP contribution in [0.4, 0.5) is 0 Å². The van der Waals surface area contributed by atoms with Crippen molar-refractivity contribution in [1.29, 1.82) is 0 Å². The fourth-order valence-corrected chi connectivity index (χ4v) is 1.82. The maximum atomic E-state index is 4.22. The molecule has 66 valence electrons. The van der Waals surface area contributed by atoms with E-state index in [-0.39, 0.29) is 0 Å². The minimum Gasteiger partial charge on any atom is -0.253 e. The molecule has 0 radical (unpaired) electrons. The van der Waals surface area contributed by atoms with Gasteiger partial charge >= 0.3 is 0 Å². The van der Waals surface area contributed by atoms with Crippen molar-refractivity contribution in [2.24, 2.45) is 0 Å². The lowest BCUT2D eigenvalue weighted by Gasteiger charge is -1.97. The average molecular weight is 256 g/mol. The van der Waals surface area contributed by atoms with Crippen molar-refractivity contribution in [3.05, 3.63) is 27.8 Å². The summed E-state index contributed by atoms with van der Waals surface area (Å²) in [6.07, 6.45) is 1.75. The standard InChI is InChI=1S/C8H6BrN3S/c1-5-3-2-4-10-6(5)7-11-8(9)13-12-7/h2-4H,1H3. The largest absolute Gasteiger partial charge is 0.253 e. The van der Waals surface area contributed by atoms with Gasteiger partial charge in [0, 0.05) is 6.20 Å². The molecule has 2 aromatic heterocycles. The molecule has 2 aromatic rings. The molecule has 0 N–H and O–H groups in total. The van der Waals surface area contributed by atoms with Gasteiger partial charge in [-0.15, -0.1) is 0 Å². The van der Waals surface area contributed by atoms with Crippen molar-refractivity contribution >= 4 is 27.5 Å². The van der Waals surface area contributed by atoms with Crippen LogP contribution in [0.1, 0.15) is 5.56 Å². The summed E-state index contributed by atoms with van der Waals surface area (Å²) in [7, 11) is 0. The van der Waals surface area contributed by atoms with Crippen LogP contribution in [-0.2, 0) is 0 Å². The monoisotopic (exact) mass is 255 g/mol. The van der Waals surface area contributed by atoms with Gasteiger partial charge < -0.3 is 0 Å². The Hall–Kier alpha value is -0.810. The van der Waals surface area contributed by atoms with Gasteiger partial charge in [0.15, 0.2) is 9.74 Å². The van der Waals surface area contributed by atoms with E-state index in [1.54, 1.807) is 6.20 Å². The summed E-state index contributed by atoms with van der Waals surface area (Å²) < 4.78 is 4.95. The Morgan fingerprint density at radius 2 is 2.31 bits per heavy atom. The Labute approximate surface area is 88.2 Å². The third-order valence-corrected chi connectivity index (χ3v) is 2.74. The van der Waals surface area contributed by atoms with Gasteiger partial charge in [-0.25, -0.2) is 4.98 Å². The predicted molar refractivity (Wildman–Crippen MR) is 55.6 cm³/mol. The van der Waals surface area contributed by atoms with Gasteiger partial charge in [-0.2, -0.15) is 4.37 Å². The Morgan fingerprint density at radius 3 is 2.92 bits per heavy atom. The van der Waals surface area contributed by atoms with Crippen LogP contribution in [0.25, 0.3) is 11.5 Å². The number of rotatable bonds is 1. The normalized spacial score (nSPS) is 10.3. The van der Waals surface area contributed by atoms with E-state index in [9.17, 15) is 0 Å². The summed E-state index contributed by atoms with van der Waals surface area (Å²) >= 11 is 4.59. The van der Waals surface area contributed by atoms with Crippen LogP contribution in [0.2, 0.25) is 0 Å². The van der Waals surface area contributed by atoms with Gasteiger partial charge in [-0.1, -0.05) is 6.07 Å². The van der Waals surface area contributed by atoms with Gasteiger partial charge in [-0.3, -0.25) is 4.98 Å². The first-order valence-corrected chi connectivity index (χ1v) is 5.25. The highest BCUT2D eigenvalue weighted by atomic mass is 79.9. The Kier molecular flexibility index (Phi) is 2.37. The summed E-state index contributed by atoms with van der Waals surface area (Å²) in [6.45, 7) is 2.00. The average Bonchev–Trinajstić information content (AvgIpc) is 2.53.